The zero-order chi connectivity index (χ0) is 24.7. The molecule has 0 spiro atoms. The van der Waals surface area contributed by atoms with E-state index in [4.69, 9.17) is 9.84 Å². The first-order chi connectivity index (χ1) is 15.6. The topological polar surface area (TPSA) is 126 Å². The molecule has 0 heterocycles. The number of amides is 1. The molecule has 0 unspecified atom stereocenters. The van der Waals surface area contributed by atoms with Crippen LogP contribution in [0.4, 0.5) is 4.79 Å². The fourth-order valence-electron chi connectivity index (χ4n) is 4.13. The van der Waals surface area contributed by atoms with Crippen molar-refractivity contribution >= 4 is 18.0 Å². The van der Waals surface area contributed by atoms with Crippen LogP contribution in [0, 0.1) is 0 Å². The second-order valence-corrected chi connectivity index (χ2v) is 9.97. The van der Waals surface area contributed by atoms with Crippen LogP contribution < -0.4 is 16.2 Å². The van der Waals surface area contributed by atoms with Gasteiger partial charge in [-0.05, 0) is 59.3 Å². The molecule has 0 saturated heterocycles. The van der Waals surface area contributed by atoms with E-state index in [-0.39, 0.29) is 12.8 Å². The first-order valence-electron chi connectivity index (χ1n) is 12.4. The summed E-state index contributed by atoms with van der Waals surface area (Å²) >= 11 is 0. The van der Waals surface area contributed by atoms with E-state index in [0.29, 0.717) is 6.42 Å². The molecule has 2 fully saturated rings. The summed E-state index contributed by atoms with van der Waals surface area (Å²) in [7, 11) is 1.26. The Morgan fingerprint density at radius 2 is 1.45 bits per heavy atom. The monoisotopic (exact) mass is 471 g/mol. The summed E-state index contributed by atoms with van der Waals surface area (Å²) in [5.41, 5.74) is 3.85. The van der Waals surface area contributed by atoms with Gasteiger partial charge in [-0.3, -0.25) is 15.0 Å². The van der Waals surface area contributed by atoms with E-state index < -0.39 is 29.7 Å². The van der Waals surface area contributed by atoms with Gasteiger partial charge in [0.25, 0.3) is 0 Å². The Morgan fingerprint density at radius 3 is 1.88 bits per heavy atom. The van der Waals surface area contributed by atoms with Crippen molar-refractivity contribution < 1.29 is 29.0 Å². The van der Waals surface area contributed by atoms with Gasteiger partial charge in [-0.2, -0.15) is 0 Å². The Labute approximate surface area is 198 Å². The number of rotatable bonds is 9. The van der Waals surface area contributed by atoms with Gasteiger partial charge in [0.2, 0.25) is 0 Å². The third-order valence-electron chi connectivity index (χ3n) is 5.83. The van der Waals surface area contributed by atoms with Gasteiger partial charge in [0.05, 0.1) is 7.11 Å². The molecule has 2 aliphatic carbocycles. The van der Waals surface area contributed by atoms with Crippen molar-refractivity contribution in [3.8, 4) is 0 Å². The number of aliphatic carboxylic acids is 1. The average Bonchev–Trinajstić information content (AvgIpc) is 2.76. The van der Waals surface area contributed by atoms with Crippen LogP contribution in [0.5, 0.6) is 0 Å². The van der Waals surface area contributed by atoms with Crippen LogP contribution >= 0.6 is 0 Å². The molecule has 0 aromatic heterocycles. The molecule has 0 radical (unpaired) electrons. The minimum absolute atomic E-state index is 0.119. The van der Waals surface area contributed by atoms with Crippen LogP contribution in [-0.4, -0.2) is 54.0 Å². The lowest BCUT2D eigenvalue weighted by Crippen LogP contribution is -2.49. The first kappa shape index (κ1) is 29.2. The third kappa shape index (κ3) is 14.8. The summed E-state index contributed by atoms with van der Waals surface area (Å²) in [6, 6.07) is 0.737. The molecule has 1 amide bonds. The zero-order valence-corrected chi connectivity index (χ0v) is 20.9. The predicted octanol–water partition coefficient (Wildman–Crippen LogP) is 4.05. The van der Waals surface area contributed by atoms with Gasteiger partial charge < -0.3 is 19.9 Å². The summed E-state index contributed by atoms with van der Waals surface area (Å²) < 4.78 is 9.40. The fourth-order valence-corrected chi connectivity index (χ4v) is 4.13. The number of carboxylic acid groups (broad SMARTS) is 1. The molecule has 9 heteroatoms. The number of hydrogen-bond donors (Lipinski definition) is 4. The van der Waals surface area contributed by atoms with Gasteiger partial charge >= 0.3 is 18.0 Å². The van der Waals surface area contributed by atoms with E-state index in [0.717, 1.165) is 12.1 Å². The molecule has 33 heavy (non-hydrogen) atoms. The second-order valence-electron chi connectivity index (χ2n) is 9.97. The van der Waals surface area contributed by atoms with Crippen LogP contribution in [0.3, 0.4) is 0 Å². The summed E-state index contributed by atoms with van der Waals surface area (Å²) in [6.45, 7) is 5.08. The second kappa shape index (κ2) is 15.9. The normalized spacial score (nSPS) is 18.4. The van der Waals surface area contributed by atoms with Crippen molar-refractivity contribution in [1.82, 2.24) is 16.2 Å². The van der Waals surface area contributed by atoms with Gasteiger partial charge in [-0.1, -0.05) is 38.5 Å². The van der Waals surface area contributed by atoms with Crippen molar-refractivity contribution in [3.63, 3.8) is 0 Å². The van der Waals surface area contributed by atoms with E-state index in [1.54, 1.807) is 20.8 Å². The van der Waals surface area contributed by atoms with Crippen molar-refractivity contribution in [1.29, 1.82) is 0 Å². The Hall–Kier alpha value is -1.87. The number of hydrogen-bond acceptors (Lipinski definition) is 7. The summed E-state index contributed by atoms with van der Waals surface area (Å²) in [4.78, 5) is 33.2. The minimum Gasteiger partial charge on any atom is -0.480 e. The lowest BCUT2D eigenvalue weighted by Gasteiger charge is -2.30. The fraction of sp³-hybridized carbons (Fsp3) is 0.875. The maximum Gasteiger partial charge on any atom is 0.422 e. The van der Waals surface area contributed by atoms with E-state index in [9.17, 15) is 14.4 Å². The standard InChI is InChI=1S/C12H22N2O6.C12H23N/c1-12(2,3)20-11(18)14-13-8(10(16)17)6-5-7-9(15)19-4;1-3-7-11(8-4-1)13-12-9-5-2-6-10-12/h8,13H,5-7H2,1-4H3,(H,14,18)(H,16,17);11-13H,1-10H2/t8-;/m0./s1. The van der Waals surface area contributed by atoms with Crippen LogP contribution in [0.15, 0.2) is 0 Å². The Kier molecular flexibility index (Phi) is 14.0. The number of carbonyl (C=O) groups excluding carboxylic acids is 2. The van der Waals surface area contributed by atoms with Crippen molar-refractivity contribution in [3.05, 3.63) is 0 Å². The van der Waals surface area contributed by atoms with E-state index in [2.05, 4.69) is 20.9 Å². The lowest BCUT2D eigenvalue weighted by atomic mass is 9.91. The maximum absolute atomic E-state index is 11.4. The van der Waals surface area contributed by atoms with Crippen molar-refractivity contribution in [2.45, 2.75) is 128 Å². The van der Waals surface area contributed by atoms with E-state index in [1.165, 1.54) is 71.3 Å². The highest BCUT2D eigenvalue weighted by molar-refractivity contribution is 5.74. The lowest BCUT2D eigenvalue weighted by molar-refractivity contribution is -0.142. The third-order valence-corrected chi connectivity index (χ3v) is 5.83. The number of carboxylic acids is 1. The zero-order valence-electron chi connectivity index (χ0n) is 20.9. The molecule has 4 N–H and O–H groups in total. The van der Waals surface area contributed by atoms with Crippen LogP contribution in [0.25, 0.3) is 0 Å². The Morgan fingerprint density at radius 1 is 0.939 bits per heavy atom. The van der Waals surface area contributed by atoms with Gasteiger partial charge in [-0.15, -0.1) is 0 Å². The molecule has 1 atom stereocenters. The molecule has 0 bridgehead atoms. The SMILES string of the molecule is C1CCC(NC2CCCCC2)CC1.COC(=O)CCC[C@H](NNC(=O)OC(C)(C)C)C(=O)O. The highest BCUT2D eigenvalue weighted by Gasteiger charge is 2.21. The van der Waals surface area contributed by atoms with Gasteiger partial charge in [0.15, 0.2) is 0 Å². The molecule has 2 saturated carbocycles. The number of hydrazine groups is 1. The summed E-state index contributed by atoms with van der Waals surface area (Å²) in [5, 5.41) is 12.8. The molecular formula is C24H45N3O6. The van der Waals surface area contributed by atoms with Gasteiger partial charge in [-0.25, -0.2) is 10.2 Å². The molecule has 9 nitrogen and oxygen atoms in total. The highest BCUT2D eigenvalue weighted by Crippen LogP contribution is 2.22. The predicted molar refractivity (Wildman–Crippen MR) is 127 cm³/mol. The molecular weight excluding hydrogens is 426 g/mol. The first-order valence-corrected chi connectivity index (χ1v) is 12.4. The van der Waals surface area contributed by atoms with E-state index >= 15 is 0 Å². The quantitative estimate of drug-likeness (QED) is 0.293. The molecule has 0 aromatic rings. The number of carbonyl (C=O) groups is 3. The Bertz CT molecular complexity index is 565. The maximum atomic E-state index is 11.4. The molecule has 2 aliphatic rings. The average molecular weight is 472 g/mol. The van der Waals surface area contributed by atoms with E-state index in [1.807, 2.05) is 0 Å². The number of esters is 1. The van der Waals surface area contributed by atoms with Gasteiger partial charge in [0.1, 0.15) is 11.6 Å². The smallest absolute Gasteiger partial charge is 0.422 e. The van der Waals surface area contributed by atoms with Gasteiger partial charge in [0, 0.05) is 18.5 Å². The van der Waals surface area contributed by atoms with Crippen molar-refractivity contribution in [2.24, 2.45) is 0 Å². The minimum atomic E-state index is -1.13. The van der Waals surface area contributed by atoms with Crippen LogP contribution in [-0.2, 0) is 19.1 Å². The van der Waals surface area contributed by atoms with Crippen molar-refractivity contribution in [2.75, 3.05) is 7.11 Å². The highest BCUT2D eigenvalue weighted by atomic mass is 16.6. The molecule has 0 aromatic carbocycles. The van der Waals surface area contributed by atoms with Crippen LogP contribution in [0.1, 0.15) is 104 Å². The number of methoxy groups -OCH3 is 1. The van der Waals surface area contributed by atoms with Crippen LogP contribution in [0.2, 0.25) is 0 Å². The number of ether oxygens (including phenoxy) is 2. The summed E-state index contributed by atoms with van der Waals surface area (Å²) in [6.07, 6.45) is 14.4. The molecule has 0 aliphatic heterocycles. The largest absolute Gasteiger partial charge is 0.480 e. The Balaban J connectivity index is 0.000000357. The summed E-state index contributed by atoms with van der Waals surface area (Å²) in [5.74, 6) is -1.54. The molecule has 2 rings (SSSR count). The molecule has 192 valence electrons. The number of nitrogens with one attached hydrogen (secondary N) is 3.